The van der Waals surface area contributed by atoms with Gasteiger partial charge in [0, 0.05) is 12.2 Å². The number of thiazole rings is 1. The van der Waals surface area contributed by atoms with Crippen LogP contribution in [0, 0.1) is 6.92 Å². The first-order valence-electron chi connectivity index (χ1n) is 6.01. The number of ether oxygens (including phenoxy) is 1. The molecule has 1 aromatic carbocycles. The number of nitrogens with zero attached hydrogens (tertiary/aromatic N) is 1. The number of rotatable bonds is 5. The molecule has 1 atom stereocenters. The van der Waals surface area contributed by atoms with E-state index in [9.17, 15) is 0 Å². The summed E-state index contributed by atoms with van der Waals surface area (Å²) in [6.07, 6.45) is 2.67. The summed E-state index contributed by atoms with van der Waals surface area (Å²) < 4.78 is 5.93. The minimum Gasteiger partial charge on any atom is -0.487 e. The minimum absolute atomic E-state index is 0.137. The van der Waals surface area contributed by atoms with Crippen molar-refractivity contribution in [3.8, 4) is 5.75 Å². The normalized spacial score (nSPS) is 12.4. The van der Waals surface area contributed by atoms with E-state index in [1.165, 1.54) is 5.56 Å². The van der Waals surface area contributed by atoms with Crippen molar-refractivity contribution < 1.29 is 4.74 Å². The summed E-state index contributed by atoms with van der Waals surface area (Å²) in [4.78, 5) is 5.18. The van der Waals surface area contributed by atoms with E-state index in [-0.39, 0.29) is 6.04 Å². The van der Waals surface area contributed by atoms with Crippen LogP contribution in [0.2, 0.25) is 0 Å². The van der Waals surface area contributed by atoms with E-state index in [1.807, 2.05) is 24.7 Å². The molecule has 0 bridgehead atoms. The van der Waals surface area contributed by atoms with E-state index in [0.717, 1.165) is 22.6 Å². The first-order chi connectivity index (χ1) is 8.66. The monoisotopic (exact) mass is 262 g/mol. The fraction of sp³-hybridized carbons (Fsp3) is 0.357. The molecule has 0 radical (unpaired) electrons. The van der Waals surface area contributed by atoms with Crippen LogP contribution in [0.5, 0.6) is 5.75 Å². The lowest BCUT2D eigenvalue weighted by atomic mass is 10.0. The SMILES string of the molecule is Cc1cccc(CC(C)N)c1OCc1cncs1. The van der Waals surface area contributed by atoms with Gasteiger partial charge in [-0.2, -0.15) is 0 Å². The van der Waals surface area contributed by atoms with Crippen molar-refractivity contribution in [3.63, 3.8) is 0 Å². The van der Waals surface area contributed by atoms with Crippen LogP contribution in [0.4, 0.5) is 0 Å². The van der Waals surface area contributed by atoms with Gasteiger partial charge in [-0.1, -0.05) is 18.2 Å². The van der Waals surface area contributed by atoms with Gasteiger partial charge in [-0.05, 0) is 31.4 Å². The van der Waals surface area contributed by atoms with Crippen LogP contribution in [0.3, 0.4) is 0 Å². The summed E-state index contributed by atoms with van der Waals surface area (Å²) in [5, 5.41) is 0. The molecule has 0 amide bonds. The Balaban J connectivity index is 2.14. The molecule has 96 valence electrons. The van der Waals surface area contributed by atoms with E-state index in [0.29, 0.717) is 6.61 Å². The lowest BCUT2D eigenvalue weighted by molar-refractivity contribution is 0.303. The van der Waals surface area contributed by atoms with Crippen molar-refractivity contribution in [1.82, 2.24) is 4.98 Å². The summed E-state index contributed by atoms with van der Waals surface area (Å²) in [6, 6.07) is 6.33. The zero-order valence-corrected chi connectivity index (χ0v) is 11.5. The van der Waals surface area contributed by atoms with Gasteiger partial charge in [0.2, 0.25) is 0 Å². The van der Waals surface area contributed by atoms with Crippen molar-refractivity contribution in [2.75, 3.05) is 0 Å². The van der Waals surface area contributed by atoms with Crippen LogP contribution in [0.15, 0.2) is 29.9 Å². The number of hydrogen-bond donors (Lipinski definition) is 1. The molecular formula is C14H18N2OS. The Labute approximate surface area is 112 Å². The standard InChI is InChI=1S/C14H18N2OS/c1-10-4-3-5-12(6-11(2)15)14(10)17-8-13-7-16-9-18-13/h3-5,7,9,11H,6,8,15H2,1-2H3. The molecule has 2 N–H and O–H groups in total. The molecule has 2 rings (SSSR count). The lowest BCUT2D eigenvalue weighted by Gasteiger charge is -2.15. The van der Waals surface area contributed by atoms with E-state index >= 15 is 0 Å². The highest BCUT2D eigenvalue weighted by atomic mass is 32.1. The second-order valence-electron chi connectivity index (χ2n) is 4.50. The zero-order valence-electron chi connectivity index (χ0n) is 10.7. The molecule has 0 spiro atoms. The summed E-state index contributed by atoms with van der Waals surface area (Å²) in [5.41, 5.74) is 10.0. The average molecular weight is 262 g/mol. The smallest absolute Gasteiger partial charge is 0.126 e. The van der Waals surface area contributed by atoms with Crippen LogP contribution in [-0.4, -0.2) is 11.0 Å². The Morgan fingerprint density at radius 2 is 2.28 bits per heavy atom. The van der Waals surface area contributed by atoms with Gasteiger partial charge < -0.3 is 10.5 Å². The molecule has 0 saturated heterocycles. The van der Waals surface area contributed by atoms with Crippen molar-refractivity contribution in [2.24, 2.45) is 5.73 Å². The van der Waals surface area contributed by atoms with Crippen LogP contribution in [0.25, 0.3) is 0 Å². The number of nitrogens with two attached hydrogens (primary N) is 1. The van der Waals surface area contributed by atoms with Crippen molar-refractivity contribution in [2.45, 2.75) is 32.9 Å². The molecule has 0 fully saturated rings. The molecule has 4 heteroatoms. The van der Waals surface area contributed by atoms with Crippen molar-refractivity contribution in [3.05, 3.63) is 45.9 Å². The van der Waals surface area contributed by atoms with Gasteiger partial charge in [0.25, 0.3) is 0 Å². The second-order valence-corrected chi connectivity index (χ2v) is 5.47. The number of benzene rings is 1. The molecule has 0 aliphatic rings. The molecule has 0 saturated carbocycles. The predicted molar refractivity (Wildman–Crippen MR) is 75.0 cm³/mol. The molecule has 1 heterocycles. The van der Waals surface area contributed by atoms with Gasteiger partial charge in [0.15, 0.2) is 0 Å². The van der Waals surface area contributed by atoms with E-state index in [4.69, 9.17) is 10.5 Å². The third-order valence-corrected chi connectivity index (χ3v) is 3.43. The maximum absolute atomic E-state index is 5.93. The summed E-state index contributed by atoms with van der Waals surface area (Å²) in [5.74, 6) is 0.961. The third-order valence-electron chi connectivity index (χ3n) is 2.68. The highest BCUT2D eigenvalue weighted by molar-refractivity contribution is 7.09. The Bertz CT molecular complexity index is 495. The van der Waals surface area contributed by atoms with Gasteiger partial charge >= 0.3 is 0 Å². The Morgan fingerprint density at radius 1 is 1.44 bits per heavy atom. The fourth-order valence-electron chi connectivity index (χ4n) is 1.88. The zero-order chi connectivity index (χ0) is 13.0. The van der Waals surface area contributed by atoms with Gasteiger partial charge in [-0.25, -0.2) is 0 Å². The van der Waals surface area contributed by atoms with E-state index in [2.05, 4.69) is 24.0 Å². The Hall–Kier alpha value is -1.39. The number of hydrogen-bond acceptors (Lipinski definition) is 4. The average Bonchev–Trinajstić information content (AvgIpc) is 2.80. The lowest BCUT2D eigenvalue weighted by Crippen LogP contribution is -2.18. The predicted octanol–water partition coefficient (Wildman–Crippen LogP) is 2.92. The molecule has 18 heavy (non-hydrogen) atoms. The van der Waals surface area contributed by atoms with Crippen molar-refractivity contribution >= 4 is 11.3 Å². The maximum Gasteiger partial charge on any atom is 0.126 e. The minimum atomic E-state index is 0.137. The first-order valence-corrected chi connectivity index (χ1v) is 6.89. The number of aromatic nitrogens is 1. The topological polar surface area (TPSA) is 48.1 Å². The van der Waals surface area contributed by atoms with Gasteiger partial charge in [-0.3, -0.25) is 4.98 Å². The first kappa shape index (κ1) is 13.1. The molecule has 0 aliphatic carbocycles. The van der Waals surface area contributed by atoms with Crippen LogP contribution < -0.4 is 10.5 Å². The number of para-hydroxylation sites is 1. The molecule has 1 unspecified atom stereocenters. The van der Waals surface area contributed by atoms with E-state index in [1.54, 1.807) is 11.3 Å². The Morgan fingerprint density at radius 3 is 2.94 bits per heavy atom. The molecule has 3 nitrogen and oxygen atoms in total. The van der Waals surface area contributed by atoms with Crippen LogP contribution >= 0.6 is 11.3 Å². The third kappa shape index (κ3) is 3.31. The molecule has 2 aromatic rings. The van der Waals surface area contributed by atoms with Crippen LogP contribution in [-0.2, 0) is 13.0 Å². The van der Waals surface area contributed by atoms with Crippen molar-refractivity contribution in [1.29, 1.82) is 0 Å². The highest BCUT2D eigenvalue weighted by Crippen LogP contribution is 2.25. The Kier molecular flexibility index (Phi) is 4.33. The quantitative estimate of drug-likeness (QED) is 0.901. The molecule has 1 aromatic heterocycles. The van der Waals surface area contributed by atoms with Gasteiger partial charge in [-0.15, -0.1) is 11.3 Å². The van der Waals surface area contributed by atoms with E-state index < -0.39 is 0 Å². The van der Waals surface area contributed by atoms with Gasteiger partial charge in [0.05, 0.1) is 10.4 Å². The fourth-order valence-corrected chi connectivity index (χ4v) is 2.39. The van der Waals surface area contributed by atoms with Gasteiger partial charge in [0.1, 0.15) is 12.4 Å². The summed E-state index contributed by atoms with van der Waals surface area (Å²) in [7, 11) is 0. The highest BCUT2D eigenvalue weighted by Gasteiger charge is 2.09. The molecule has 0 aliphatic heterocycles. The maximum atomic E-state index is 5.93. The number of aryl methyl sites for hydroxylation is 1. The van der Waals surface area contributed by atoms with Crippen LogP contribution in [0.1, 0.15) is 22.9 Å². The second kappa shape index (κ2) is 5.98. The molecular weight excluding hydrogens is 244 g/mol. The summed E-state index contributed by atoms with van der Waals surface area (Å²) in [6.45, 7) is 4.64. The largest absolute Gasteiger partial charge is 0.487 e. The summed E-state index contributed by atoms with van der Waals surface area (Å²) >= 11 is 1.61.